The molecule has 0 spiro atoms. The van der Waals surface area contributed by atoms with E-state index in [2.05, 4.69) is 32.9 Å². The van der Waals surface area contributed by atoms with Crippen molar-refractivity contribution in [2.24, 2.45) is 0 Å². The van der Waals surface area contributed by atoms with Crippen LogP contribution in [0.1, 0.15) is 15.9 Å². The highest BCUT2D eigenvalue weighted by Gasteiger charge is 2.23. The summed E-state index contributed by atoms with van der Waals surface area (Å²) in [6, 6.07) is 16.1. The quantitative estimate of drug-likeness (QED) is 0.469. The standard InChI is InChI=1S/C20H17IN2O3/c1-26-20(25)17(12-13-7-9-15(21)10-8-13)23-19(24)16-6-2-4-14-5-3-11-22-18(14)16/h2-11,17H,12H2,1H3,(H,23,24)/t17-/m1/s1. The smallest absolute Gasteiger partial charge is 0.328 e. The average molecular weight is 460 g/mol. The molecule has 0 aliphatic heterocycles. The number of pyridine rings is 1. The predicted molar refractivity (Wildman–Crippen MR) is 108 cm³/mol. The van der Waals surface area contributed by atoms with Gasteiger partial charge in [-0.05, 0) is 52.4 Å². The van der Waals surface area contributed by atoms with Gasteiger partial charge in [0.2, 0.25) is 0 Å². The number of benzene rings is 2. The Balaban J connectivity index is 1.85. The number of ether oxygens (including phenoxy) is 1. The maximum Gasteiger partial charge on any atom is 0.328 e. The molecule has 2 aromatic carbocycles. The maximum atomic E-state index is 12.8. The highest BCUT2D eigenvalue weighted by molar-refractivity contribution is 14.1. The molecular formula is C20H17IN2O3. The van der Waals surface area contributed by atoms with Crippen LogP contribution in [0.25, 0.3) is 10.9 Å². The summed E-state index contributed by atoms with van der Waals surface area (Å²) in [5.41, 5.74) is 1.97. The van der Waals surface area contributed by atoms with E-state index in [9.17, 15) is 9.59 Å². The number of amides is 1. The number of para-hydroxylation sites is 1. The van der Waals surface area contributed by atoms with Gasteiger partial charge in [0.15, 0.2) is 0 Å². The second-order valence-electron chi connectivity index (χ2n) is 5.76. The molecule has 6 heteroatoms. The Morgan fingerprint density at radius 2 is 1.85 bits per heavy atom. The Morgan fingerprint density at radius 1 is 1.12 bits per heavy atom. The molecule has 0 aliphatic carbocycles. The lowest BCUT2D eigenvalue weighted by Crippen LogP contribution is -2.43. The zero-order valence-electron chi connectivity index (χ0n) is 14.1. The monoisotopic (exact) mass is 460 g/mol. The van der Waals surface area contributed by atoms with E-state index in [4.69, 9.17) is 4.74 Å². The highest BCUT2D eigenvalue weighted by Crippen LogP contribution is 2.16. The molecule has 1 amide bonds. The van der Waals surface area contributed by atoms with Crippen LogP contribution in [-0.4, -0.2) is 30.0 Å². The zero-order valence-corrected chi connectivity index (χ0v) is 16.3. The van der Waals surface area contributed by atoms with E-state index in [1.54, 1.807) is 18.3 Å². The molecule has 0 saturated carbocycles. The van der Waals surface area contributed by atoms with Crippen LogP contribution in [0.4, 0.5) is 0 Å². The first-order valence-electron chi connectivity index (χ1n) is 8.05. The Kier molecular flexibility index (Phi) is 5.82. The molecule has 26 heavy (non-hydrogen) atoms. The predicted octanol–water partition coefficient (Wildman–Crippen LogP) is 3.35. The van der Waals surface area contributed by atoms with E-state index < -0.39 is 12.0 Å². The second kappa shape index (κ2) is 8.27. The Hall–Kier alpha value is -2.48. The summed E-state index contributed by atoms with van der Waals surface area (Å²) in [6.45, 7) is 0. The molecule has 0 aliphatic rings. The summed E-state index contributed by atoms with van der Waals surface area (Å²) in [4.78, 5) is 29.2. The molecule has 1 N–H and O–H groups in total. The fourth-order valence-electron chi connectivity index (χ4n) is 2.72. The number of halogens is 1. The van der Waals surface area contributed by atoms with Crippen molar-refractivity contribution in [2.75, 3.05) is 7.11 Å². The van der Waals surface area contributed by atoms with Crippen LogP contribution in [0.15, 0.2) is 60.8 Å². The van der Waals surface area contributed by atoms with Crippen LogP contribution in [0.2, 0.25) is 0 Å². The topological polar surface area (TPSA) is 68.3 Å². The van der Waals surface area contributed by atoms with Gasteiger partial charge in [0.1, 0.15) is 6.04 Å². The normalized spacial score (nSPS) is 11.8. The van der Waals surface area contributed by atoms with Gasteiger partial charge in [0.25, 0.3) is 5.91 Å². The maximum absolute atomic E-state index is 12.8. The van der Waals surface area contributed by atoms with Crippen LogP contribution in [0, 0.1) is 3.57 Å². The van der Waals surface area contributed by atoms with Gasteiger partial charge < -0.3 is 10.1 Å². The summed E-state index contributed by atoms with van der Waals surface area (Å²) in [5, 5.41) is 3.65. The molecule has 1 aromatic heterocycles. The van der Waals surface area contributed by atoms with E-state index in [1.165, 1.54) is 7.11 Å². The lowest BCUT2D eigenvalue weighted by atomic mass is 10.0. The van der Waals surface area contributed by atoms with Gasteiger partial charge in [0, 0.05) is 21.6 Å². The molecule has 1 heterocycles. The van der Waals surface area contributed by atoms with Gasteiger partial charge in [-0.15, -0.1) is 0 Å². The molecule has 3 aromatic rings. The van der Waals surface area contributed by atoms with Crippen molar-refractivity contribution >= 4 is 45.4 Å². The van der Waals surface area contributed by atoms with Crippen molar-refractivity contribution in [1.82, 2.24) is 10.3 Å². The van der Waals surface area contributed by atoms with E-state index in [0.29, 0.717) is 17.5 Å². The van der Waals surface area contributed by atoms with E-state index >= 15 is 0 Å². The van der Waals surface area contributed by atoms with Gasteiger partial charge in [0.05, 0.1) is 18.2 Å². The number of nitrogens with one attached hydrogen (secondary N) is 1. The molecule has 0 bridgehead atoms. The zero-order chi connectivity index (χ0) is 18.5. The summed E-state index contributed by atoms with van der Waals surface area (Å²) >= 11 is 2.22. The summed E-state index contributed by atoms with van der Waals surface area (Å²) in [7, 11) is 1.31. The molecule has 0 fully saturated rings. The number of hydrogen-bond acceptors (Lipinski definition) is 4. The molecule has 0 radical (unpaired) electrons. The fourth-order valence-corrected chi connectivity index (χ4v) is 3.07. The number of hydrogen-bond donors (Lipinski definition) is 1. The van der Waals surface area contributed by atoms with Crippen molar-refractivity contribution in [1.29, 1.82) is 0 Å². The molecule has 132 valence electrons. The fraction of sp³-hybridized carbons (Fsp3) is 0.150. The van der Waals surface area contributed by atoms with Gasteiger partial charge in [-0.1, -0.05) is 30.3 Å². The first-order chi connectivity index (χ1) is 12.6. The van der Waals surface area contributed by atoms with Gasteiger partial charge >= 0.3 is 5.97 Å². The Bertz CT molecular complexity index is 936. The summed E-state index contributed by atoms with van der Waals surface area (Å²) in [6.07, 6.45) is 2.00. The number of carbonyl (C=O) groups excluding carboxylic acids is 2. The SMILES string of the molecule is COC(=O)[C@@H](Cc1ccc(I)cc1)NC(=O)c1cccc2cccnc12. The van der Waals surface area contributed by atoms with Crippen LogP contribution in [-0.2, 0) is 16.0 Å². The molecule has 3 rings (SSSR count). The number of aromatic nitrogens is 1. The molecular weight excluding hydrogens is 443 g/mol. The number of fused-ring (bicyclic) bond motifs is 1. The largest absolute Gasteiger partial charge is 0.467 e. The lowest BCUT2D eigenvalue weighted by Gasteiger charge is -2.17. The van der Waals surface area contributed by atoms with Gasteiger partial charge in [-0.2, -0.15) is 0 Å². The number of esters is 1. The van der Waals surface area contributed by atoms with Gasteiger partial charge in [-0.3, -0.25) is 9.78 Å². The minimum Gasteiger partial charge on any atom is -0.467 e. The van der Waals surface area contributed by atoms with Crippen LogP contribution >= 0.6 is 22.6 Å². The van der Waals surface area contributed by atoms with Crippen molar-refractivity contribution in [3.05, 3.63) is 75.5 Å². The van der Waals surface area contributed by atoms with Crippen LogP contribution in [0.3, 0.4) is 0 Å². The van der Waals surface area contributed by atoms with Crippen molar-refractivity contribution < 1.29 is 14.3 Å². The number of methoxy groups -OCH3 is 1. The van der Waals surface area contributed by atoms with Crippen LogP contribution in [0.5, 0.6) is 0 Å². The Morgan fingerprint density at radius 3 is 2.58 bits per heavy atom. The second-order valence-corrected chi connectivity index (χ2v) is 7.01. The minimum absolute atomic E-state index is 0.352. The molecule has 0 unspecified atom stereocenters. The van der Waals surface area contributed by atoms with Gasteiger partial charge in [-0.25, -0.2) is 4.79 Å². The summed E-state index contributed by atoms with van der Waals surface area (Å²) in [5.74, 6) is -0.833. The number of carbonyl (C=O) groups is 2. The van der Waals surface area contributed by atoms with E-state index in [-0.39, 0.29) is 5.91 Å². The molecule has 0 saturated heterocycles. The van der Waals surface area contributed by atoms with E-state index in [1.807, 2.05) is 42.5 Å². The van der Waals surface area contributed by atoms with Crippen molar-refractivity contribution in [3.8, 4) is 0 Å². The number of rotatable bonds is 5. The third kappa shape index (κ3) is 4.19. The minimum atomic E-state index is -0.772. The third-order valence-electron chi connectivity index (χ3n) is 4.02. The molecule has 5 nitrogen and oxygen atoms in total. The molecule has 1 atom stereocenters. The average Bonchev–Trinajstić information content (AvgIpc) is 2.68. The van der Waals surface area contributed by atoms with Crippen molar-refractivity contribution in [3.63, 3.8) is 0 Å². The number of nitrogens with zero attached hydrogens (tertiary/aromatic N) is 1. The van der Waals surface area contributed by atoms with Crippen LogP contribution < -0.4 is 5.32 Å². The lowest BCUT2D eigenvalue weighted by molar-refractivity contribution is -0.142. The Labute approximate surface area is 164 Å². The first-order valence-corrected chi connectivity index (χ1v) is 9.13. The summed E-state index contributed by atoms with van der Waals surface area (Å²) < 4.78 is 5.97. The first kappa shape index (κ1) is 18.3. The third-order valence-corrected chi connectivity index (χ3v) is 4.74. The van der Waals surface area contributed by atoms with E-state index in [0.717, 1.165) is 14.5 Å². The highest BCUT2D eigenvalue weighted by atomic mass is 127. The van der Waals surface area contributed by atoms with Crippen molar-refractivity contribution in [2.45, 2.75) is 12.5 Å².